The number of carbonyl (C=O) groups excluding carboxylic acids is 3. The molecule has 0 N–H and O–H groups in total. The quantitative estimate of drug-likeness (QED) is 0.760. The molecule has 3 amide bonds. The summed E-state index contributed by atoms with van der Waals surface area (Å²) in [6, 6.07) is 5.38. The van der Waals surface area contributed by atoms with Crippen molar-refractivity contribution in [2.24, 2.45) is 0 Å². The van der Waals surface area contributed by atoms with E-state index in [1.54, 1.807) is 35.8 Å². The highest BCUT2D eigenvalue weighted by molar-refractivity contribution is 5.97. The van der Waals surface area contributed by atoms with Gasteiger partial charge < -0.3 is 19.2 Å². The summed E-state index contributed by atoms with van der Waals surface area (Å²) in [5.41, 5.74) is 1.58. The third kappa shape index (κ3) is 3.67. The van der Waals surface area contributed by atoms with E-state index in [0.717, 1.165) is 0 Å². The van der Waals surface area contributed by atoms with Gasteiger partial charge in [0.25, 0.3) is 5.91 Å². The molecule has 0 spiro atoms. The van der Waals surface area contributed by atoms with Gasteiger partial charge in [0, 0.05) is 26.2 Å². The fourth-order valence-electron chi connectivity index (χ4n) is 4.17. The Kier molecular flexibility index (Phi) is 5.27. The monoisotopic (exact) mass is 414 g/mol. The van der Waals surface area contributed by atoms with E-state index < -0.39 is 6.04 Å². The smallest absolute Gasteiger partial charge is 0.259 e. The predicted molar refractivity (Wildman–Crippen MR) is 104 cm³/mol. The van der Waals surface area contributed by atoms with Crippen LogP contribution in [0.1, 0.15) is 33.8 Å². The number of benzene rings is 1. The van der Waals surface area contributed by atoms with Gasteiger partial charge in [0.2, 0.25) is 11.8 Å². The maximum atomic E-state index is 13.5. The van der Waals surface area contributed by atoms with Crippen LogP contribution < -0.4 is 0 Å². The van der Waals surface area contributed by atoms with Gasteiger partial charge in [-0.2, -0.15) is 0 Å². The van der Waals surface area contributed by atoms with E-state index >= 15 is 0 Å². The van der Waals surface area contributed by atoms with Crippen LogP contribution in [0.25, 0.3) is 0 Å². The number of amides is 3. The minimum Gasteiger partial charge on any atom is -0.361 e. The Bertz CT molecular complexity index is 985. The van der Waals surface area contributed by atoms with Gasteiger partial charge in [0.05, 0.1) is 5.69 Å². The second-order valence-corrected chi connectivity index (χ2v) is 7.71. The minimum atomic E-state index is -0.623. The molecule has 1 aromatic carbocycles. The Morgan fingerprint density at radius 2 is 2.03 bits per heavy atom. The number of piperazine rings is 1. The van der Waals surface area contributed by atoms with Crippen LogP contribution in [0.2, 0.25) is 0 Å². The molecule has 2 aliphatic heterocycles. The van der Waals surface area contributed by atoms with Crippen molar-refractivity contribution >= 4 is 17.7 Å². The summed E-state index contributed by atoms with van der Waals surface area (Å²) in [5, 5.41) is 3.83. The molecule has 1 unspecified atom stereocenters. The second-order valence-electron chi connectivity index (χ2n) is 7.71. The lowest BCUT2D eigenvalue weighted by atomic mass is 10.1. The molecule has 0 bridgehead atoms. The number of rotatable bonds is 3. The second kappa shape index (κ2) is 7.89. The van der Waals surface area contributed by atoms with Crippen LogP contribution in [-0.4, -0.2) is 69.8 Å². The Morgan fingerprint density at radius 1 is 1.23 bits per heavy atom. The molecule has 1 atom stereocenters. The van der Waals surface area contributed by atoms with Gasteiger partial charge in [0.15, 0.2) is 0 Å². The number of fused-ring (bicyclic) bond motifs is 1. The topological polar surface area (TPSA) is 87.0 Å². The van der Waals surface area contributed by atoms with Crippen molar-refractivity contribution in [3.05, 3.63) is 52.7 Å². The molecule has 2 aliphatic rings. The Balaban J connectivity index is 1.49. The number of hydrogen-bond acceptors (Lipinski definition) is 5. The number of carbonyl (C=O) groups is 3. The van der Waals surface area contributed by atoms with Gasteiger partial charge in [0.1, 0.15) is 29.7 Å². The summed E-state index contributed by atoms with van der Waals surface area (Å²) in [6.45, 7) is 4.49. The predicted octanol–water partition coefficient (Wildman–Crippen LogP) is 1.52. The third-order valence-electron chi connectivity index (χ3n) is 5.70. The van der Waals surface area contributed by atoms with Crippen LogP contribution in [0.3, 0.4) is 0 Å². The van der Waals surface area contributed by atoms with Gasteiger partial charge in [-0.25, -0.2) is 4.39 Å². The van der Waals surface area contributed by atoms with Crippen molar-refractivity contribution in [1.82, 2.24) is 19.9 Å². The zero-order valence-electron chi connectivity index (χ0n) is 16.9. The molecule has 3 heterocycles. The van der Waals surface area contributed by atoms with Crippen molar-refractivity contribution in [2.45, 2.75) is 32.9 Å². The highest BCUT2D eigenvalue weighted by atomic mass is 19.1. The Labute approximate surface area is 173 Å². The van der Waals surface area contributed by atoms with Crippen molar-refractivity contribution in [3.8, 4) is 0 Å². The van der Waals surface area contributed by atoms with Crippen LogP contribution in [0.5, 0.6) is 0 Å². The molecular formula is C21H23FN4O4. The van der Waals surface area contributed by atoms with Crippen LogP contribution in [0, 0.1) is 19.7 Å². The van der Waals surface area contributed by atoms with E-state index in [0.29, 0.717) is 42.1 Å². The molecule has 0 aliphatic carbocycles. The zero-order chi connectivity index (χ0) is 21.4. The molecule has 4 rings (SSSR count). The number of halogens is 1. The average Bonchev–Trinajstić information content (AvgIpc) is 2.91. The molecule has 1 aromatic heterocycles. The van der Waals surface area contributed by atoms with Gasteiger partial charge in [-0.3, -0.25) is 14.4 Å². The van der Waals surface area contributed by atoms with Crippen LogP contribution in [-0.2, 0) is 16.1 Å². The largest absolute Gasteiger partial charge is 0.361 e. The fourth-order valence-corrected chi connectivity index (χ4v) is 4.17. The third-order valence-corrected chi connectivity index (χ3v) is 5.70. The van der Waals surface area contributed by atoms with Gasteiger partial charge in [-0.15, -0.1) is 0 Å². The molecule has 2 saturated heterocycles. The van der Waals surface area contributed by atoms with E-state index in [1.165, 1.54) is 17.0 Å². The van der Waals surface area contributed by atoms with Crippen LogP contribution in [0.4, 0.5) is 4.39 Å². The number of aryl methyl sites for hydroxylation is 2. The molecule has 0 saturated carbocycles. The first-order valence-corrected chi connectivity index (χ1v) is 9.90. The summed E-state index contributed by atoms with van der Waals surface area (Å²) >= 11 is 0. The van der Waals surface area contributed by atoms with E-state index in [4.69, 9.17) is 4.52 Å². The van der Waals surface area contributed by atoms with Crippen LogP contribution in [0.15, 0.2) is 28.8 Å². The summed E-state index contributed by atoms with van der Waals surface area (Å²) in [4.78, 5) is 43.4. The van der Waals surface area contributed by atoms with Crippen LogP contribution >= 0.6 is 0 Å². The highest BCUT2D eigenvalue weighted by Gasteiger charge is 2.41. The standard InChI is InChI=1S/C21H23FN4O4/c1-13-19(14(2)30-23-13)21(29)24-7-6-17-20(28)25(12-18(27)26(17)9-8-24)11-15-4-3-5-16(22)10-15/h3-5,10,17H,6-9,11-12H2,1-2H3. The van der Waals surface area contributed by atoms with Gasteiger partial charge in [-0.1, -0.05) is 17.3 Å². The first-order chi connectivity index (χ1) is 14.3. The van der Waals surface area contributed by atoms with Gasteiger partial charge in [-0.05, 0) is 38.0 Å². The SMILES string of the molecule is Cc1noc(C)c1C(=O)N1CCC2C(=O)N(Cc3cccc(F)c3)CC(=O)N2CC1. The molecule has 158 valence electrons. The highest BCUT2D eigenvalue weighted by Crippen LogP contribution is 2.23. The lowest BCUT2D eigenvalue weighted by Crippen LogP contribution is -2.59. The maximum absolute atomic E-state index is 13.5. The van der Waals surface area contributed by atoms with Crippen molar-refractivity contribution < 1.29 is 23.3 Å². The lowest BCUT2D eigenvalue weighted by Gasteiger charge is -2.39. The lowest BCUT2D eigenvalue weighted by molar-refractivity contribution is -0.156. The molecular weight excluding hydrogens is 391 g/mol. The molecule has 2 aromatic rings. The van der Waals surface area contributed by atoms with E-state index in [1.807, 2.05) is 0 Å². The first-order valence-electron chi connectivity index (χ1n) is 9.90. The summed E-state index contributed by atoms with van der Waals surface area (Å²) in [7, 11) is 0. The summed E-state index contributed by atoms with van der Waals surface area (Å²) in [5.74, 6) is -0.475. The zero-order valence-corrected chi connectivity index (χ0v) is 16.9. The van der Waals surface area contributed by atoms with E-state index in [2.05, 4.69) is 5.16 Å². The van der Waals surface area contributed by atoms with E-state index in [9.17, 15) is 18.8 Å². The average molecular weight is 414 g/mol. The molecule has 8 nitrogen and oxygen atoms in total. The molecule has 2 fully saturated rings. The molecule has 9 heteroatoms. The maximum Gasteiger partial charge on any atom is 0.259 e. The van der Waals surface area contributed by atoms with Crippen molar-refractivity contribution in [2.75, 3.05) is 26.2 Å². The van der Waals surface area contributed by atoms with E-state index in [-0.39, 0.29) is 43.2 Å². The first kappa shape index (κ1) is 20.1. The van der Waals surface area contributed by atoms with Gasteiger partial charge >= 0.3 is 0 Å². The van der Waals surface area contributed by atoms with Crippen molar-refractivity contribution in [3.63, 3.8) is 0 Å². The molecule has 0 radical (unpaired) electrons. The minimum absolute atomic E-state index is 0.0519. The Hall–Kier alpha value is -3.23. The number of aromatic nitrogens is 1. The number of nitrogens with zero attached hydrogens (tertiary/aromatic N) is 4. The summed E-state index contributed by atoms with van der Waals surface area (Å²) < 4.78 is 18.6. The fraction of sp³-hybridized carbons (Fsp3) is 0.429. The van der Waals surface area contributed by atoms with Crippen molar-refractivity contribution in [1.29, 1.82) is 0 Å². The normalized spacial score (nSPS) is 19.7. The number of hydrogen-bond donors (Lipinski definition) is 0. The molecule has 30 heavy (non-hydrogen) atoms. The summed E-state index contributed by atoms with van der Waals surface area (Å²) in [6.07, 6.45) is 0.347. The Morgan fingerprint density at radius 3 is 2.73 bits per heavy atom.